The van der Waals surface area contributed by atoms with E-state index in [2.05, 4.69) is 38.3 Å². The average molecular weight is 469 g/mol. The maximum Gasteiger partial charge on any atom is 0.157 e. The summed E-state index contributed by atoms with van der Waals surface area (Å²) in [7, 11) is 0. The van der Waals surface area contributed by atoms with E-state index in [1.54, 1.807) is 23.7 Å². The summed E-state index contributed by atoms with van der Waals surface area (Å²) in [5, 5.41) is 7.78. The fourth-order valence-electron chi connectivity index (χ4n) is 3.80. The third-order valence-corrected chi connectivity index (χ3v) is 6.73. The van der Waals surface area contributed by atoms with Gasteiger partial charge in [-0.05, 0) is 60.9 Å². The molecule has 0 aliphatic rings. The lowest BCUT2D eigenvalue weighted by atomic mass is 10.0. The Morgan fingerprint density at radius 3 is 2.79 bits per heavy atom. The lowest BCUT2D eigenvalue weighted by Gasteiger charge is -2.03. The van der Waals surface area contributed by atoms with Crippen molar-refractivity contribution in [3.63, 3.8) is 0 Å². The van der Waals surface area contributed by atoms with Crippen LogP contribution in [0.4, 0.5) is 4.39 Å². The molecule has 0 saturated heterocycles. The number of hydrogen-bond acceptors (Lipinski definition) is 5. The van der Waals surface area contributed by atoms with Gasteiger partial charge in [0.15, 0.2) is 11.6 Å². The van der Waals surface area contributed by atoms with Crippen LogP contribution in [0.5, 0.6) is 0 Å². The molecular formula is C26H21FN6S. The lowest BCUT2D eigenvalue weighted by Crippen LogP contribution is -1.89. The number of nitrogens with one attached hydrogen (secondary N) is 2. The number of pyridine rings is 1. The monoisotopic (exact) mass is 468 g/mol. The Morgan fingerprint density at radius 2 is 2.06 bits per heavy atom. The van der Waals surface area contributed by atoms with E-state index in [1.165, 1.54) is 12.3 Å². The minimum absolute atomic E-state index is 0.248. The average Bonchev–Trinajstić information content (AvgIpc) is 3.56. The number of fused-ring (bicyclic) bond motifs is 2. The zero-order chi connectivity index (χ0) is 23.8. The van der Waals surface area contributed by atoms with Crippen LogP contribution in [0.15, 0.2) is 67.0 Å². The Labute approximate surface area is 199 Å². The molecule has 0 atom stereocenters. The van der Waals surface area contributed by atoms with Crippen LogP contribution < -0.4 is 0 Å². The molecule has 5 rings (SSSR count). The normalized spacial score (nSPS) is 12.3. The van der Waals surface area contributed by atoms with Gasteiger partial charge in [-0.3, -0.25) is 15.1 Å². The second-order valence-corrected chi connectivity index (χ2v) is 8.83. The number of aliphatic imine (C=N–C) groups is 1. The first-order valence-corrected chi connectivity index (χ1v) is 11.4. The number of allylic oxidation sites excluding steroid dienone is 3. The van der Waals surface area contributed by atoms with Gasteiger partial charge in [0.05, 0.1) is 10.4 Å². The van der Waals surface area contributed by atoms with Gasteiger partial charge in [0, 0.05) is 28.9 Å². The first kappa shape index (κ1) is 21.7. The van der Waals surface area contributed by atoms with Crippen LogP contribution in [0.3, 0.4) is 0 Å². The van der Waals surface area contributed by atoms with Crippen LogP contribution in [0.25, 0.3) is 55.2 Å². The van der Waals surface area contributed by atoms with Gasteiger partial charge in [0.2, 0.25) is 0 Å². The van der Waals surface area contributed by atoms with Gasteiger partial charge >= 0.3 is 0 Å². The number of halogens is 1. The van der Waals surface area contributed by atoms with Crippen LogP contribution in [-0.2, 0) is 0 Å². The molecule has 0 spiro atoms. The number of aromatic amines is 2. The Hall–Kier alpha value is -4.17. The highest BCUT2D eigenvalue weighted by Gasteiger charge is 2.19. The maximum absolute atomic E-state index is 14.9. The predicted octanol–water partition coefficient (Wildman–Crippen LogP) is 7.02. The molecule has 4 aromatic heterocycles. The van der Waals surface area contributed by atoms with Crippen LogP contribution in [-0.4, -0.2) is 31.4 Å². The molecule has 6 nitrogen and oxygen atoms in total. The van der Waals surface area contributed by atoms with Crippen molar-refractivity contribution in [2.24, 2.45) is 4.99 Å². The number of aromatic nitrogens is 5. The van der Waals surface area contributed by atoms with Gasteiger partial charge in [0.1, 0.15) is 22.4 Å². The van der Waals surface area contributed by atoms with Crippen molar-refractivity contribution in [2.45, 2.75) is 13.8 Å². The van der Waals surface area contributed by atoms with Crippen LogP contribution >= 0.6 is 11.3 Å². The molecule has 0 fully saturated rings. The maximum atomic E-state index is 14.9. The number of thiophene rings is 1. The summed E-state index contributed by atoms with van der Waals surface area (Å²) in [4.78, 5) is 18.9. The Balaban J connectivity index is 1.66. The van der Waals surface area contributed by atoms with E-state index in [0.29, 0.717) is 22.5 Å². The highest BCUT2D eigenvalue weighted by atomic mass is 32.1. The van der Waals surface area contributed by atoms with Gasteiger partial charge in [0.25, 0.3) is 0 Å². The third kappa shape index (κ3) is 3.68. The van der Waals surface area contributed by atoms with Crippen molar-refractivity contribution in [1.82, 2.24) is 25.1 Å². The first-order chi connectivity index (χ1) is 16.5. The van der Waals surface area contributed by atoms with Gasteiger partial charge in [-0.25, -0.2) is 9.37 Å². The van der Waals surface area contributed by atoms with Gasteiger partial charge < -0.3 is 4.98 Å². The fourth-order valence-corrected chi connectivity index (χ4v) is 4.73. The number of nitrogens with zero attached hydrogens (tertiary/aromatic N) is 4. The number of benzene rings is 1. The molecule has 1 aromatic carbocycles. The van der Waals surface area contributed by atoms with Crippen LogP contribution in [0.2, 0.25) is 0 Å². The largest absolute Gasteiger partial charge is 0.337 e. The number of rotatable bonds is 6. The molecule has 0 aliphatic carbocycles. The molecule has 168 valence electrons. The van der Waals surface area contributed by atoms with E-state index in [0.717, 1.165) is 37.6 Å². The second kappa shape index (κ2) is 8.64. The third-order valence-electron chi connectivity index (χ3n) is 5.47. The van der Waals surface area contributed by atoms with Crippen molar-refractivity contribution < 1.29 is 4.39 Å². The smallest absolute Gasteiger partial charge is 0.157 e. The molecule has 2 N–H and O–H groups in total. The molecule has 0 aliphatic heterocycles. The molecule has 0 radical (unpaired) electrons. The van der Waals surface area contributed by atoms with E-state index >= 15 is 0 Å². The highest BCUT2D eigenvalue weighted by molar-refractivity contribution is 7.16. The van der Waals surface area contributed by atoms with Crippen molar-refractivity contribution in [3.05, 3.63) is 78.2 Å². The van der Waals surface area contributed by atoms with E-state index in [9.17, 15) is 4.39 Å². The first-order valence-electron chi connectivity index (χ1n) is 10.6. The van der Waals surface area contributed by atoms with Crippen molar-refractivity contribution >= 4 is 50.6 Å². The predicted molar refractivity (Wildman–Crippen MR) is 139 cm³/mol. The van der Waals surface area contributed by atoms with Crippen molar-refractivity contribution in [1.29, 1.82) is 0 Å². The van der Waals surface area contributed by atoms with Gasteiger partial charge in [-0.1, -0.05) is 19.2 Å². The topological polar surface area (TPSA) is 82.6 Å². The SMILES string of the molecule is C=CN=C/C(=C\C)c1cc(F)c2n[nH]c(-c3nc4c(-c5ccc(C(=C)C)s5)nccc4[nH]3)c2c1. The Morgan fingerprint density at radius 1 is 1.21 bits per heavy atom. The molecule has 0 amide bonds. The molecule has 5 aromatic rings. The van der Waals surface area contributed by atoms with Gasteiger partial charge in [-0.2, -0.15) is 5.10 Å². The lowest BCUT2D eigenvalue weighted by molar-refractivity contribution is 0.636. The van der Waals surface area contributed by atoms with Crippen LogP contribution in [0, 0.1) is 5.82 Å². The molecule has 0 unspecified atom stereocenters. The molecule has 0 bridgehead atoms. The highest BCUT2D eigenvalue weighted by Crippen LogP contribution is 2.35. The van der Waals surface area contributed by atoms with E-state index in [1.807, 2.05) is 44.2 Å². The zero-order valence-corrected chi connectivity index (χ0v) is 19.5. The molecule has 34 heavy (non-hydrogen) atoms. The van der Waals surface area contributed by atoms with E-state index in [4.69, 9.17) is 4.98 Å². The Bertz CT molecular complexity index is 1630. The summed E-state index contributed by atoms with van der Waals surface area (Å²) < 4.78 is 14.9. The zero-order valence-electron chi connectivity index (χ0n) is 18.7. The molecule has 0 saturated carbocycles. The minimum Gasteiger partial charge on any atom is -0.337 e. The summed E-state index contributed by atoms with van der Waals surface area (Å²) in [6.07, 6.45) is 6.70. The summed E-state index contributed by atoms with van der Waals surface area (Å²) in [5.74, 6) is 0.132. The fraction of sp³-hybridized carbons (Fsp3) is 0.0769. The van der Waals surface area contributed by atoms with E-state index in [-0.39, 0.29) is 5.52 Å². The van der Waals surface area contributed by atoms with Gasteiger partial charge in [-0.15, -0.1) is 11.3 Å². The summed E-state index contributed by atoms with van der Waals surface area (Å²) in [6.45, 7) is 11.5. The summed E-state index contributed by atoms with van der Waals surface area (Å²) >= 11 is 1.62. The van der Waals surface area contributed by atoms with E-state index < -0.39 is 5.82 Å². The van der Waals surface area contributed by atoms with Crippen LogP contribution in [0.1, 0.15) is 24.3 Å². The number of imidazole rings is 1. The summed E-state index contributed by atoms with van der Waals surface area (Å²) in [6, 6.07) is 9.27. The summed E-state index contributed by atoms with van der Waals surface area (Å²) in [5.41, 5.74) is 5.66. The molecule has 8 heteroatoms. The molecule has 4 heterocycles. The van der Waals surface area contributed by atoms with Crippen molar-refractivity contribution in [3.8, 4) is 22.1 Å². The number of H-pyrrole nitrogens is 2. The minimum atomic E-state index is -0.425. The standard InChI is InChI=1S/C26H21FN6S/c1-5-15(13-28-6-2)16-11-17-22(18(27)12-16)32-33-23(17)26-30-19-9-10-29-25(24(19)31-26)21-8-7-20(34-21)14(3)4/h5-13H,2-3H2,1,4H3,(H,30,31)(H,32,33)/b15-5+,28-13?. The Kier molecular flexibility index (Phi) is 5.51. The van der Waals surface area contributed by atoms with Crippen molar-refractivity contribution in [2.75, 3.05) is 0 Å². The second-order valence-electron chi connectivity index (χ2n) is 7.74. The molecular weight excluding hydrogens is 447 g/mol. The quantitative estimate of drug-likeness (QED) is 0.263. The number of hydrogen-bond donors (Lipinski definition) is 2.